The summed E-state index contributed by atoms with van der Waals surface area (Å²) in [6.07, 6.45) is -0.500. The summed E-state index contributed by atoms with van der Waals surface area (Å²) >= 11 is 0. The molecule has 5 aromatic rings. The molecule has 1 unspecified atom stereocenters. The van der Waals surface area contributed by atoms with Gasteiger partial charge in [0, 0.05) is 11.3 Å². The van der Waals surface area contributed by atoms with Crippen molar-refractivity contribution in [1.82, 2.24) is 20.0 Å². The van der Waals surface area contributed by atoms with Crippen LogP contribution in [0.1, 0.15) is 22.3 Å². The molecular formula is C27H21N7O3. The number of nitrogens with one attached hydrogen (secondary N) is 3. The van der Waals surface area contributed by atoms with Gasteiger partial charge < -0.3 is 14.8 Å². The minimum absolute atomic E-state index is 0.187. The van der Waals surface area contributed by atoms with Gasteiger partial charge in [0.25, 0.3) is 0 Å². The first kappa shape index (κ1) is 22.3. The molecule has 0 amide bonds. The van der Waals surface area contributed by atoms with E-state index in [1.54, 1.807) is 34.9 Å². The number of hydrazine groups is 1. The molecule has 0 spiro atoms. The maximum atomic E-state index is 11.4. The van der Waals surface area contributed by atoms with Gasteiger partial charge in [-0.15, -0.1) is 0 Å². The van der Waals surface area contributed by atoms with E-state index in [1.807, 2.05) is 66.7 Å². The van der Waals surface area contributed by atoms with Gasteiger partial charge in [0.1, 0.15) is 11.5 Å². The fourth-order valence-corrected chi connectivity index (χ4v) is 4.01. The van der Waals surface area contributed by atoms with Crippen molar-refractivity contribution in [2.24, 2.45) is 4.99 Å². The van der Waals surface area contributed by atoms with Crippen molar-refractivity contribution >= 4 is 29.2 Å². The zero-order valence-electron chi connectivity index (χ0n) is 19.4. The molecule has 37 heavy (non-hydrogen) atoms. The second-order valence-electron chi connectivity index (χ2n) is 8.24. The molecule has 0 saturated carbocycles. The average Bonchev–Trinajstić information content (AvgIpc) is 3.58. The van der Waals surface area contributed by atoms with Crippen molar-refractivity contribution in [3.8, 4) is 11.3 Å². The third-order valence-electron chi connectivity index (χ3n) is 5.75. The molecule has 0 saturated heterocycles. The number of hydrogen-bond acceptors (Lipinski definition) is 8. The van der Waals surface area contributed by atoms with E-state index in [4.69, 9.17) is 14.4 Å². The normalized spacial score (nSPS) is 14.7. The van der Waals surface area contributed by atoms with Crippen molar-refractivity contribution in [2.45, 2.75) is 6.17 Å². The summed E-state index contributed by atoms with van der Waals surface area (Å²) in [5, 5.41) is 12.5. The van der Waals surface area contributed by atoms with Crippen LogP contribution in [0.3, 0.4) is 0 Å². The summed E-state index contributed by atoms with van der Waals surface area (Å²) in [6.45, 7) is 0. The molecule has 1 atom stereocenters. The highest BCUT2D eigenvalue weighted by Crippen LogP contribution is 2.29. The standard InChI is InChI=1S/C27H21N7O3/c35-24(36)18-9-7-8-17(16-18)21-14-15-22(37-21)23-32-33-27-31-25(28-19-10-3-1-4-11-19)30-26(34(23)27)29-20-12-5-2-6-13-20/h1-16,23,32H,(H,35,36)(H2,28,29,30,31,33). The summed E-state index contributed by atoms with van der Waals surface area (Å²) in [4.78, 5) is 25.5. The lowest BCUT2D eigenvalue weighted by Crippen LogP contribution is -2.31. The molecule has 10 heteroatoms. The molecule has 6 rings (SSSR count). The van der Waals surface area contributed by atoms with Crippen LogP contribution in [0.4, 0.5) is 23.3 Å². The van der Waals surface area contributed by atoms with Crippen LogP contribution in [-0.4, -0.2) is 25.6 Å². The Hall–Kier alpha value is -5.22. The van der Waals surface area contributed by atoms with E-state index in [1.165, 1.54) is 0 Å². The number of para-hydroxylation sites is 2. The summed E-state index contributed by atoms with van der Waals surface area (Å²) in [5.74, 6) is 0.998. The lowest BCUT2D eigenvalue weighted by atomic mass is 10.1. The second-order valence-corrected chi connectivity index (χ2v) is 8.24. The molecule has 0 fully saturated rings. The first-order valence-electron chi connectivity index (χ1n) is 11.5. The Labute approximate surface area is 211 Å². The average molecular weight is 492 g/mol. The summed E-state index contributed by atoms with van der Waals surface area (Å²) in [5.41, 5.74) is 9.12. The Kier molecular flexibility index (Phi) is 5.68. The molecule has 182 valence electrons. The maximum Gasteiger partial charge on any atom is 0.335 e. The van der Waals surface area contributed by atoms with Crippen LogP contribution >= 0.6 is 0 Å². The first-order valence-corrected chi connectivity index (χ1v) is 11.5. The lowest BCUT2D eigenvalue weighted by molar-refractivity contribution is 0.0697. The van der Waals surface area contributed by atoms with Gasteiger partial charge in [0.05, 0.1) is 11.3 Å². The highest BCUT2D eigenvalue weighted by molar-refractivity contribution is 5.89. The topological polar surface area (TPSA) is 130 Å². The van der Waals surface area contributed by atoms with E-state index in [2.05, 4.69) is 21.2 Å². The first-order chi connectivity index (χ1) is 18.1. The lowest BCUT2D eigenvalue weighted by Gasteiger charge is -2.12. The van der Waals surface area contributed by atoms with Gasteiger partial charge in [-0.2, -0.15) is 9.97 Å². The number of nitrogens with zero attached hydrogens (tertiary/aromatic N) is 4. The van der Waals surface area contributed by atoms with Gasteiger partial charge in [0.15, 0.2) is 6.17 Å². The van der Waals surface area contributed by atoms with Crippen molar-refractivity contribution in [1.29, 1.82) is 0 Å². The molecular weight excluding hydrogens is 470 g/mol. The van der Waals surface area contributed by atoms with Crippen molar-refractivity contribution in [3.63, 3.8) is 0 Å². The van der Waals surface area contributed by atoms with E-state index in [-0.39, 0.29) is 5.56 Å². The quantitative estimate of drug-likeness (QED) is 0.269. The predicted molar refractivity (Wildman–Crippen MR) is 137 cm³/mol. The predicted octanol–water partition coefficient (Wildman–Crippen LogP) is 4.69. The number of benzene rings is 3. The molecule has 0 bridgehead atoms. The van der Waals surface area contributed by atoms with Crippen molar-refractivity contribution < 1.29 is 14.3 Å². The van der Waals surface area contributed by atoms with Crippen LogP contribution in [-0.2, 0) is 0 Å². The van der Waals surface area contributed by atoms with Crippen LogP contribution in [0, 0.1) is 0 Å². The van der Waals surface area contributed by atoms with E-state index >= 15 is 0 Å². The minimum Gasteiger partial charge on any atom is -0.478 e. The SMILES string of the molecule is O=C(O)c1cccc(-c2ccc(C3NNc4nc(Nc5ccccc5)nc(=Nc5ccccc5)n43)o2)c1. The molecule has 3 aromatic carbocycles. The van der Waals surface area contributed by atoms with Crippen molar-refractivity contribution in [3.05, 3.63) is 114 Å². The zero-order valence-corrected chi connectivity index (χ0v) is 19.4. The smallest absolute Gasteiger partial charge is 0.335 e. The third kappa shape index (κ3) is 4.56. The van der Waals surface area contributed by atoms with Gasteiger partial charge in [-0.1, -0.05) is 48.5 Å². The fraction of sp³-hybridized carbons (Fsp3) is 0.0370. The number of hydrogen-bond donors (Lipinski definition) is 4. The van der Waals surface area contributed by atoms with Crippen LogP contribution < -0.4 is 21.8 Å². The number of fused-ring (bicyclic) bond motifs is 1. The van der Waals surface area contributed by atoms with Crippen LogP contribution in [0.2, 0.25) is 0 Å². The third-order valence-corrected chi connectivity index (χ3v) is 5.75. The van der Waals surface area contributed by atoms with Gasteiger partial charge in [-0.3, -0.25) is 9.99 Å². The minimum atomic E-state index is -0.996. The monoisotopic (exact) mass is 491 g/mol. The zero-order chi connectivity index (χ0) is 25.2. The maximum absolute atomic E-state index is 11.4. The van der Waals surface area contributed by atoms with E-state index in [0.717, 1.165) is 11.4 Å². The number of rotatable bonds is 6. The fourth-order valence-electron chi connectivity index (χ4n) is 4.01. The summed E-state index contributed by atoms with van der Waals surface area (Å²) < 4.78 is 7.95. The van der Waals surface area contributed by atoms with Crippen LogP contribution in [0.5, 0.6) is 0 Å². The molecule has 1 aliphatic rings. The Morgan fingerprint density at radius 3 is 2.51 bits per heavy atom. The number of aromatic nitrogens is 3. The van der Waals surface area contributed by atoms with Crippen LogP contribution in [0.25, 0.3) is 11.3 Å². The van der Waals surface area contributed by atoms with Gasteiger partial charge in [-0.05, 0) is 48.5 Å². The van der Waals surface area contributed by atoms with Gasteiger partial charge in [0.2, 0.25) is 17.5 Å². The molecule has 3 heterocycles. The number of aromatic carboxylic acids is 1. The summed E-state index contributed by atoms with van der Waals surface area (Å²) in [6, 6.07) is 29.4. The number of carboxylic acid groups (broad SMARTS) is 1. The largest absolute Gasteiger partial charge is 0.478 e. The Bertz CT molecular complexity index is 1650. The highest BCUT2D eigenvalue weighted by atomic mass is 16.4. The van der Waals surface area contributed by atoms with Crippen molar-refractivity contribution in [2.75, 3.05) is 10.7 Å². The van der Waals surface area contributed by atoms with E-state index < -0.39 is 12.1 Å². The van der Waals surface area contributed by atoms with Gasteiger partial charge >= 0.3 is 5.97 Å². The molecule has 0 radical (unpaired) electrons. The second kappa shape index (κ2) is 9.44. The van der Waals surface area contributed by atoms with E-state index in [0.29, 0.717) is 34.6 Å². The molecule has 10 nitrogen and oxygen atoms in total. The number of carboxylic acids is 1. The molecule has 4 N–H and O–H groups in total. The van der Waals surface area contributed by atoms with E-state index in [9.17, 15) is 9.90 Å². The Morgan fingerprint density at radius 1 is 0.946 bits per heavy atom. The molecule has 2 aromatic heterocycles. The number of furan rings is 1. The van der Waals surface area contributed by atoms with Gasteiger partial charge in [-0.25, -0.2) is 15.2 Å². The highest BCUT2D eigenvalue weighted by Gasteiger charge is 2.28. The van der Waals surface area contributed by atoms with Crippen LogP contribution in [0.15, 0.2) is 106 Å². The Balaban J connectivity index is 1.41. The summed E-state index contributed by atoms with van der Waals surface area (Å²) in [7, 11) is 0. The Morgan fingerprint density at radius 2 is 1.73 bits per heavy atom. The molecule has 0 aliphatic carbocycles. The number of carbonyl (C=O) groups is 1. The number of anilines is 3. The molecule has 1 aliphatic heterocycles.